The molecule has 0 aliphatic carbocycles. The molecule has 2 atom stereocenters. The average Bonchev–Trinajstić information content (AvgIpc) is 2.59. The number of halogens is 3. The minimum absolute atomic E-state index is 0.0816. The summed E-state index contributed by atoms with van der Waals surface area (Å²) < 4.78 is 12.9. The van der Waals surface area contributed by atoms with Crippen molar-refractivity contribution in [3.8, 4) is 0 Å². The van der Waals surface area contributed by atoms with E-state index in [0.717, 1.165) is 0 Å². The van der Waals surface area contributed by atoms with Crippen LogP contribution in [0.25, 0.3) is 0 Å². The van der Waals surface area contributed by atoms with Crippen molar-refractivity contribution in [2.75, 3.05) is 24.2 Å². The Labute approximate surface area is 161 Å². The van der Waals surface area contributed by atoms with E-state index in [2.05, 4.69) is 10.6 Å². The van der Waals surface area contributed by atoms with Gasteiger partial charge in [-0.2, -0.15) is 0 Å². The second-order valence-corrected chi connectivity index (χ2v) is 6.73. The van der Waals surface area contributed by atoms with Crippen LogP contribution in [0.1, 0.15) is 6.92 Å². The maximum atomic E-state index is 12.9. The van der Waals surface area contributed by atoms with Gasteiger partial charge in [0, 0.05) is 11.4 Å². The Morgan fingerprint density at radius 3 is 2.27 bits per heavy atom. The zero-order valence-corrected chi connectivity index (χ0v) is 15.8. The Hall–Kier alpha value is -2.15. The highest BCUT2D eigenvalue weighted by Gasteiger charge is 2.24. The number of hydrogen-bond acceptors (Lipinski definition) is 2. The molecule has 2 rings (SSSR count). The molecule has 0 radical (unpaired) electrons. The SMILES string of the molecule is C[C@@H](C(=O)Nc1ccc(F)cc1)[NH+](C)CC(=O)Nc1ccc(Cl)c(Cl)c1. The highest BCUT2D eigenvalue weighted by Crippen LogP contribution is 2.24. The quantitative estimate of drug-likeness (QED) is 0.700. The number of benzene rings is 2. The summed E-state index contributed by atoms with van der Waals surface area (Å²) in [6.07, 6.45) is 0. The van der Waals surface area contributed by atoms with Gasteiger partial charge in [-0.3, -0.25) is 9.59 Å². The summed E-state index contributed by atoms with van der Waals surface area (Å²) in [7, 11) is 1.74. The molecular weight excluding hydrogens is 380 g/mol. The van der Waals surface area contributed by atoms with Gasteiger partial charge in [0.05, 0.1) is 17.1 Å². The molecule has 138 valence electrons. The van der Waals surface area contributed by atoms with Crippen LogP contribution in [0.5, 0.6) is 0 Å². The van der Waals surface area contributed by atoms with Crippen LogP contribution in [0.3, 0.4) is 0 Å². The van der Waals surface area contributed by atoms with E-state index in [4.69, 9.17) is 23.2 Å². The lowest BCUT2D eigenvalue weighted by Crippen LogP contribution is -3.14. The number of likely N-dealkylation sites (N-methyl/N-ethyl adjacent to an activating group) is 1. The van der Waals surface area contributed by atoms with E-state index in [-0.39, 0.29) is 24.2 Å². The lowest BCUT2D eigenvalue weighted by molar-refractivity contribution is -0.885. The number of carbonyl (C=O) groups is 2. The number of hydrogen-bond donors (Lipinski definition) is 3. The number of amides is 2. The lowest BCUT2D eigenvalue weighted by Gasteiger charge is -2.20. The van der Waals surface area contributed by atoms with E-state index in [1.54, 1.807) is 32.2 Å². The highest BCUT2D eigenvalue weighted by molar-refractivity contribution is 6.42. The summed E-state index contributed by atoms with van der Waals surface area (Å²) in [6, 6.07) is 9.80. The van der Waals surface area contributed by atoms with Crippen molar-refractivity contribution in [2.24, 2.45) is 0 Å². The first-order valence-corrected chi connectivity index (χ1v) is 8.65. The second-order valence-electron chi connectivity index (χ2n) is 5.92. The maximum Gasteiger partial charge on any atom is 0.282 e. The van der Waals surface area contributed by atoms with Crippen LogP contribution in [0.15, 0.2) is 42.5 Å². The Morgan fingerprint density at radius 1 is 1.04 bits per heavy atom. The molecule has 0 fully saturated rings. The maximum absolute atomic E-state index is 12.9. The van der Waals surface area contributed by atoms with Gasteiger partial charge in [-0.05, 0) is 49.4 Å². The van der Waals surface area contributed by atoms with Crippen LogP contribution in [-0.4, -0.2) is 31.4 Å². The summed E-state index contributed by atoms with van der Waals surface area (Å²) in [5.74, 6) is -0.906. The molecule has 0 aromatic heterocycles. The normalized spacial score (nSPS) is 13.0. The second kappa shape index (κ2) is 8.98. The first-order valence-electron chi connectivity index (χ1n) is 7.90. The summed E-state index contributed by atoms with van der Waals surface area (Å²) in [6.45, 7) is 1.79. The fourth-order valence-corrected chi connectivity index (χ4v) is 2.49. The first-order chi connectivity index (χ1) is 12.3. The van der Waals surface area contributed by atoms with Crippen molar-refractivity contribution in [3.63, 3.8) is 0 Å². The lowest BCUT2D eigenvalue weighted by atomic mass is 10.2. The van der Waals surface area contributed by atoms with Gasteiger partial charge in [0.2, 0.25) is 0 Å². The molecule has 26 heavy (non-hydrogen) atoms. The first kappa shape index (κ1) is 20.2. The van der Waals surface area contributed by atoms with Crippen LogP contribution in [0, 0.1) is 5.82 Å². The molecule has 2 aromatic carbocycles. The topological polar surface area (TPSA) is 62.6 Å². The van der Waals surface area contributed by atoms with Gasteiger partial charge in [0.1, 0.15) is 5.82 Å². The van der Waals surface area contributed by atoms with Gasteiger partial charge >= 0.3 is 0 Å². The minimum Gasteiger partial charge on any atom is -0.321 e. The summed E-state index contributed by atoms with van der Waals surface area (Å²) in [5, 5.41) is 6.16. The Morgan fingerprint density at radius 2 is 1.65 bits per heavy atom. The van der Waals surface area contributed by atoms with E-state index in [1.165, 1.54) is 24.3 Å². The predicted octanol–water partition coefficient (Wildman–Crippen LogP) is 2.61. The van der Waals surface area contributed by atoms with Crippen molar-refractivity contribution in [1.82, 2.24) is 0 Å². The number of rotatable bonds is 6. The van der Waals surface area contributed by atoms with Crippen LogP contribution in [-0.2, 0) is 9.59 Å². The standard InChI is InChI=1S/C18H18Cl2FN3O2/c1-11(18(26)23-13-5-3-12(21)4-6-13)24(2)10-17(25)22-14-7-8-15(19)16(20)9-14/h3-9,11H,10H2,1-2H3,(H,22,25)(H,23,26)/p+1/t11-/m0/s1. The molecule has 0 saturated heterocycles. The summed E-state index contributed by atoms with van der Waals surface area (Å²) >= 11 is 11.8. The Bertz CT molecular complexity index is 800. The van der Waals surface area contributed by atoms with Gasteiger partial charge in [0.25, 0.3) is 11.8 Å². The molecule has 2 aromatic rings. The molecule has 0 heterocycles. The average molecular weight is 399 g/mol. The zero-order chi connectivity index (χ0) is 19.3. The van der Waals surface area contributed by atoms with Crippen LogP contribution in [0.2, 0.25) is 10.0 Å². The van der Waals surface area contributed by atoms with E-state index in [0.29, 0.717) is 26.3 Å². The van der Waals surface area contributed by atoms with E-state index in [1.807, 2.05) is 0 Å². The van der Waals surface area contributed by atoms with Crippen molar-refractivity contribution in [2.45, 2.75) is 13.0 Å². The number of anilines is 2. The molecule has 2 amide bonds. The monoisotopic (exact) mass is 398 g/mol. The van der Waals surface area contributed by atoms with Gasteiger partial charge in [-0.1, -0.05) is 23.2 Å². The van der Waals surface area contributed by atoms with Gasteiger partial charge in [0.15, 0.2) is 12.6 Å². The van der Waals surface area contributed by atoms with Crippen molar-refractivity contribution in [3.05, 3.63) is 58.3 Å². The molecular formula is C18H19Cl2FN3O2+. The van der Waals surface area contributed by atoms with Gasteiger partial charge < -0.3 is 15.5 Å². The zero-order valence-electron chi connectivity index (χ0n) is 14.3. The largest absolute Gasteiger partial charge is 0.321 e. The molecule has 0 spiro atoms. The van der Waals surface area contributed by atoms with Gasteiger partial charge in [-0.15, -0.1) is 0 Å². The Balaban J connectivity index is 1.89. The molecule has 0 aliphatic rings. The summed E-state index contributed by atoms with van der Waals surface area (Å²) in [4.78, 5) is 25.1. The van der Waals surface area contributed by atoms with Crippen LogP contribution < -0.4 is 15.5 Å². The minimum atomic E-state index is -0.486. The van der Waals surface area contributed by atoms with Crippen LogP contribution >= 0.6 is 23.2 Å². The molecule has 8 heteroatoms. The van der Waals surface area contributed by atoms with Crippen molar-refractivity contribution < 1.29 is 18.9 Å². The predicted molar refractivity (Wildman–Crippen MR) is 101 cm³/mol. The molecule has 3 N–H and O–H groups in total. The third-order valence-corrected chi connectivity index (χ3v) is 4.63. The molecule has 1 unspecified atom stereocenters. The highest BCUT2D eigenvalue weighted by atomic mass is 35.5. The van der Waals surface area contributed by atoms with Crippen LogP contribution in [0.4, 0.5) is 15.8 Å². The van der Waals surface area contributed by atoms with E-state index < -0.39 is 6.04 Å². The molecule has 0 saturated carbocycles. The fraction of sp³-hybridized carbons (Fsp3) is 0.222. The smallest absolute Gasteiger partial charge is 0.282 e. The third-order valence-electron chi connectivity index (χ3n) is 3.89. The van der Waals surface area contributed by atoms with E-state index >= 15 is 0 Å². The molecule has 5 nitrogen and oxygen atoms in total. The van der Waals surface area contributed by atoms with E-state index in [9.17, 15) is 14.0 Å². The summed E-state index contributed by atoms with van der Waals surface area (Å²) in [5.41, 5.74) is 1.02. The fourth-order valence-electron chi connectivity index (χ4n) is 2.19. The number of nitrogens with one attached hydrogen (secondary N) is 3. The molecule has 0 bridgehead atoms. The number of quaternary nitrogens is 1. The van der Waals surface area contributed by atoms with Crippen molar-refractivity contribution >= 4 is 46.4 Å². The van der Waals surface area contributed by atoms with Gasteiger partial charge in [-0.25, -0.2) is 4.39 Å². The third kappa shape index (κ3) is 5.69. The number of carbonyl (C=O) groups excluding carboxylic acids is 2. The molecule has 0 aliphatic heterocycles. The Kier molecular flexibility index (Phi) is 6.97. The van der Waals surface area contributed by atoms with Crippen molar-refractivity contribution in [1.29, 1.82) is 0 Å².